The van der Waals surface area contributed by atoms with E-state index in [2.05, 4.69) is 4.90 Å². The van der Waals surface area contributed by atoms with Gasteiger partial charge in [0.15, 0.2) is 6.17 Å². The van der Waals surface area contributed by atoms with E-state index in [9.17, 15) is 19.7 Å². The monoisotopic (exact) mass is 437 g/mol. The molecule has 0 bridgehead atoms. The third kappa shape index (κ3) is 2.50. The molecule has 1 aromatic rings. The molecule has 0 aliphatic carbocycles. The average Bonchev–Trinajstić information content (AvgIpc) is 3.21. The molecular formula is C17H20BrN5O4. The molecule has 0 saturated carbocycles. The van der Waals surface area contributed by atoms with Crippen LogP contribution in [0.2, 0.25) is 0 Å². The van der Waals surface area contributed by atoms with Crippen LogP contribution >= 0.6 is 0 Å². The van der Waals surface area contributed by atoms with Crippen LogP contribution in [0.15, 0.2) is 24.3 Å². The topological polar surface area (TPSA) is 87.0 Å². The first-order valence-electron chi connectivity index (χ1n) is 8.95. The van der Waals surface area contributed by atoms with Gasteiger partial charge in [0.2, 0.25) is 6.17 Å². The molecule has 4 aliphatic rings. The van der Waals surface area contributed by atoms with Crippen molar-refractivity contribution in [1.29, 1.82) is 0 Å². The highest BCUT2D eigenvalue weighted by Gasteiger charge is 2.64. The minimum atomic E-state index is -0.394. The van der Waals surface area contributed by atoms with Crippen molar-refractivity contribution < 1.29 is 36.0 Å². The van der Waals surface area contributed by atoms with E-state index in [1.54, 1.807) is 9.80 Å². The maximum absolute atomic E-state index is 12.6. The van der Waals surface area contributed by atoms with Gasteiger partial charge in [-0.1, -0.05) is 0 Å². The van der Waals surface area contributed by atoms with Gasteiger partial charge in [0.05, 0.1) is 31.1 Å². The fourth-order valence-electron chi connectivity index (χ4n) is 5.20. The first kappa shape index (κ1) is 18.3. The number of benzene rings is 1. The maximum atomic E-state index is 12.6. The fourth-order valence-corrected chi connectivity index (χ4v) is 5.20. The number of carbonyl (C=O) groups excluding carboxylic acids is 2. The van der Waals surface area contributed by atoms with Crippen LogP contribution in [-0.2, 0) is 16.1 Å². The van der Waals surface area contributed by atoms with Crippen molar-refractivity contribution in [3.63, 3.8) is 0 Å². The zero-order chi connectivity index (χ0) is 18.1. The van der Waals surface area contributed by atoms with Crippen molar-refractivity contribution in [2.45, 2.75) is 18.9 Å². The Kier molecular flexibility index (Phi) is 4.24. The zero-order valence-corrected chi connectivity index (χ0v) is 16.2. The minimum Gasteiger partial charge on any atom is -1.00 e. The Labute approximate surface area is 166 Å². The summed E-state index contributed by atoms with van der Waals surface area (Å²) in [6, 6.07) is 6.69. The van der Waals surface area contributed by atoms with Crippen molar-refractivity contribution >= 4 is 17.5 Å². The molecule has 144 valence electrons. The molecule has 27 heavy (non-hydrogen) atoms. The van der Waals surface area contributed by atoms with E-state index < -0.39 is 4.92 Å². The van der Waals surface area contributed by atoms with E-state index in [0.29, 0.717) is 13.1 Å². The second-order valence-corrected chi connectivity index (χ2v) is 7.61. The van der Waals surface area contributed by atoms with Crippen LogP contribution in [0, 0.1) is 10.1 Å². The average molecular weight is 438 g/mol. The van der Waals surface area contributed by atoms with Crippen molar-refractivity contribution in [1.82, 2.24) is 14.7 Å². The summed E-state index contributed by atoms with van der Waals surface area (Å²) in [7, 11) is 0. The number of quaternary nitrogens is 1. The Morgan fingerprint density at radius 3 is 2.37 bits per heavy atom. The predicted molar refractivity (Wildman–Crippen MR) is 89.4 cm³/mol. The molecule has 1 aromatic carbocycles. The van der Waals surface area contributed by atoms with E-state index in [4.69, 9.17) is 0 Å². The van der Waals surface area contributed by atoms with Crippen molar-refractivity contribution in [2.24, 2.45) is 0 Å². The second-order valence-electron chi connectivity index (χ2n) is 7.61. The van der Waals surface area contributed by atoms with Crippen molar-refractivity contribution in [3.05, 3.63) is 39.9 Å². The Morgan fingerprint density at radius 2 is 1.67 bits per heavy atom. The van der Waals surface area contributed by atoms with E-state index >= 15 is 0 Å². The molecule has 1 unspecified atom stereocenters. The zero-order valence-electron chi connectivity index (χ0n) is 14.7. The third-order valence-electron chi connectivity index (χ3n) is 6.44. The highest BCUT2D eigenvalue weighted by Crippen LogP contribution is 2.41. The Morgan fingerprint density at radius 1 is 1.00 bits per heavy atom. The fraction of sp³-hybridized carbons (Fsp3) is 0.529. The van der Waals surface area contributed by atoms with Crippen LogP contribution in [-0.4, -0.2) is 87.5 Å². The molecule has 0 radical (unpaired) electrons. The molecule has 4 fully saturated rings. The van der Waals surface area contributed by atoms with Gasteiger partial charge in [-0.2, -0.15) is 0 Å². The molecular weight excluding hydrogens is 418 g/mol. The van der Waals surface area contributed by atoms with Crippen molar-refractivity contribution in [2.75, 3.05) is 39.3 Å². The Hall–Kier alpha value is -2.04. The molecule has 4 saturated heterocycles. The lowest BCUT2D eigenvalue weighted by Crippen LogP contribution is -3.00. The molecule has 3 atom stereocenters. The van der Waals surface area contributed by atoms with Gasteiger partial charge < -0.3 is 21.9 Å². The number of carbonyl (C=O) groups is 2. The van der Waals surface area contributed by atoms with Gasteiger partial charge in [0.25, 0.3) is 5.69 Å². The number of rotatable bonds is 3. The Balaban J connectivity index is 0.00000180. The number of nitro benzene ring substituents is 1. The summed E-state index contributed by atoms with van der Waals surface area (Å²) < 4.78 is 0.745. The summed E-state index contributed by atoms with van der Waals surface area (Å²) in [5.41, 5.74) is 1.11. The molecule has 9 nitrogen and oxygen atoms in total. The summed E-state index contributed by atoms with van der Waals surface area (Å²) in [6.07, 6.45) is -0.0684. The molecule has 5 rings (SSSR count). The van der Waals surface area contributed by atoms with E-state index in [0.717, 1.165) is 42.8 Å². The van der Waals surface area contributed by atoms with E-state index in [1.165, 1.54) is 12.1 Å². The van der Waals surface area contributed by atoms with Gasteiger partial charge >= 0.3 is 11.8 Å². The predicted octanol–water partition coefficient (Wildman–Crippen LogP) is -3.42. The van der Waals surface area contributed by atoms with Gasteiger partial charge in [0.1, 0.15) is 6.54 Å². The highest BCUT2D eigenvalue weighted by molar-refractivity contribution is 6.35. The molecule has 2 amide bonds. The lowest BCUT2D eigenvalue weighted by atomic mass is 10.1. The summed E-state index contributed by atoms with van der Waals surface area (Å²) in [6.45, 7) is 5.41. The number of nitrogens with zero attached hydrogens (tertiary/aromatic N) is 5. The molecule has 4 aliphatic heterocycles. The third-order valence-corrected chi connectivity index (χ3v) is 6.44. The second kappa shape index (κ2) is 6.25. The molecule has 10 heteroatoms. The summed E-state index contributed by atoms with van der Waals surface area (Å²) in [5.74, 6) is -0.746. The maximum Gasteiger partial charge on any atom is 0.316 e. The van der Waals surface area contributed by atoms with Gasteiger partial charge in [-0.25, -0.2) is 0 Å². The largest absolute Gasteiger partial charge is 1.00 e. The quantitative estimate of drug-likeness (QED) is 0.213. The first-order chi connectivity index (χ1) is 12.5. The number of hydrogen-bond donors (Lipinski definition) is 0. The summed E-state index contributed by atoms with van der Waals surface area (Å²) in [4.78, 5) is 41.3. The first-order valence-corrected chi connectivity index (χ1v) is 8.95. The number of halogens is 1. The van der Waals surface area contributed by atoms with Crippen LogP contribution in [0.25, 0.3) is 0 Å². The number of non-ortho nitro benzene ring substituents is 1. The Bertz CT molecular complexity index is 818. The van der Waals surface area contributed by atoms with Crippen LogP contribution in [0.5, 0.6) is 0 Å². The number of piperazine rings is 2. The smallest absolute Gasteiger partial charge is 0.316 e. The number of hydrogen-bond acceptors (Lipinski definition) is 5. The SMILES string of the molecule is O=C1C(=O)N2CC[N+]3(Cc4ccc([N+](=O)[O-])cc4)CCN4CCN1[C@@H]4[C@H]23.[Br-]. The van der Waals surface area contributed by atoms with Gasteiger partial charge in [-0.3, -0.25) is 34.0 Å². The number of nitro groups is 1. The lowest BCUT2D eigenvalue weighted by Gasteiger charge is -2.53. The standard InChI is InChI=1S/C17H20N5O4.BrH/c23-16-17(24)20-8-10-22(11-12-1-3-13(4-2-12)21(25)26)9-7-18-5-6-19(16)14(18)15(20)22;/h1-4,14-15H,5-11H2;1H/q+1;/p-1/t14-,15-,22?;/m1./s1. The summed E-state index contributed by atoms with van der Waals surface area (Å²) in [5, 5.41) is 10.9. The van der Waals surface area contributed by atoms with Gasteiger partial charge in [0, 0.05) is 30.8 Å². The van der Waals surface area contributed by atoms with Crippen LogP contribution in [0.4, 0.5) is 5.69 Å². The molecule has 0 N–H and O–H groups in total. The van der Waals surface area contributed by atoms with E-state index in [-0.39, 0.29) is 46.8 Å². The molecule has 0 spiro atoms. The van der Waals surface area contributed by atoms with Crippen LogP contribution < -0.4 is 17.0 Å². The van der Waals surface area contributed by atoms with Crippen molar-refractivity contribution in [3.8, 4) is 0 Å². The normalized spacial score (nSPS) is 31.7. The highest BCUT2D eigenvalue weighted by atomic mass is 79.9. The lowest BCUT2D eigenvalue weighted by molar-refractivity contribution is -0.964. The number of amides is 2. The molecule has 0 aromatic heterocycles. The van der Waals surface area contributed by atoms with Gasteiger partial charge in [-0.15, -0.1) is 0 Å². The minimum absolute atomic E-state index is 0. The van der Waals surface area contributed by atoms with Crippen LogP contribution in [0.3, 0.4) is 0 Å². The summed E-state index contributed by atoms with van der Waals surface area (Å²) >= 11 is 0. The van der Waals surface area contributed by atoms with Crippen LogP contribution in [0.1, 0.15) is 5.56 Å². The van der Waals surface area contributed by atoms with Gasteiger partial charge in [-0.05, 0) is 12.1 Å². The van der Waals surface area contributed by atoms with E-state index in [1.807, 2.05) is 12.1 Å². The molecule has 4 heterocycles.